The zero-order valence-corrected chi connectivity index (χ0v) is 15.5. The van der Waals surface area contributed by atoms with Crippen molar-refractivity contribution in [2.75, 3.05) is 20.8 Å². The maximum atomic E-state index is 12.6. The second-order valence-corrected chi connectivity index (χ2v) is 6.05. The van der Waals surface area contributed by atoms with Gasteiger partial charge in [-0.3, -0.25) is 19.8 Å². The van der Waals surface area contributed by atoms with Gasteiger partial charge in [0.05, 0.1) is 14.2 Å². The lowest BCUT2D eigenvalue weighted by Crippen LogP contribution is -2.53. The lowest BCUT2D eigenvalue weighted by molar-refractivity contribution is -0.128. The van der Waals surface area contributed by atoms with E-state index in [9.17, 15) is 9.59 Å². The summed E-state index contributed by atoms with van der Waals surface area (Å²) in [5.41, 5.74) is 0.470. The number of nitrogens with one attached hydrogen (secondary N) is 1. The summed E-state index contributed by atoms with van der Waals surface area (Å²) in [7, 11) is 2.99. The van der Waals surface area contributed by atoms with Crippen molar-refractivity contribution in [3.05, 3.63) is 40.4 Å². The summed E-state index contributed by atoms with van der Waals surface area (Å²) in [5.74, 6) is -0.172. The van der Waals surface area contributed by atoms with Crippen molar-refractivity contribution in [1.29, 1.82) is 0 Å². The molecule has 126 valence electrons. The van der Waals surface area contributed by atoms with Gasteiger partial charge in [0.1, 0.15) is 5.57 Å². The maximum absolute atomic E-state index is 12.6. The van der Waals surface area contributed by atoms with Crippen LogP contribution in [0.15, 0.2) is 34.8 Å². The van der Waals surface area contributed by atoms with E-state index in [-0.39, 0.29) is 17.2 Å². The molecule has 1 aromatic carbocycles. The summed E-state index contributed by atoms with van der Waals surface area (Å²) in [6.07, 6.45) is 2.98. The Labute approximate surface area is 153 Å². The molecule has 2 amide bonds. The number of hydrogen-bond donors (Lipinski definition) is 1. The zero-order valence-electron chi connectivity index (χ0n) is 13.1. The van der Waals surface area contributed by atoms with Crippen molar-refractivity contribution >= 4 is 51.2 Å². The average molecular weight is 411 g/mol. The SMILES string of the molecule is C=CCN1C(=O)/C(=C/c2cc(Br)cc(OC)c2OC)C(=O)NC1=S. The molecule has 0 atom stereocenters. The van der Waals surface area contributed by atoms with Crippen LogP contribution in [0.25, 0.3) is 6.08 Å². The van der Waals surface area contributed by atoms with Crippen LogP contribution in [-0.2, 0) is 9.59 Å². The molecule has 1 saturated heterocycles. The molecule has 1 aromatic rings. The van der Waals surface area contributed by atoms with Gasteiger partial charge >= 0.3 is 0 Å². The number of thiocarbonyl (C=S) groups is 1. The summed E-state index contributed by atoms with van der Waals surface area (Å²) in [6, 6.07) is 3.45. The lowest BCUT2D eigenvalue weighted by atomic mass is 10.1. The molecule has 1 fully saturated rings. The first-order valence-corrected chi connectivity index (χ1v) is 8.04. The normalized spacial score (nSPS) is 16.2. The molecule has 0 saturated carbocycles. The van der Waals surface area contributed by atoms with Gasteiger partial charge in [0.15, 0.2) is 16.6 Å². The van der Waals surface area contributed by atoms with E-state index in [2.05, 4.69) is 27.8 Å². The third-order valence-corrected chi connectivity index (χ3v) is 4.05. The first-order chi connectivity index (χ1) is 11.4. The molecule has 0 bridgehead atoms. The minimum absolute atomic E-state index is 0.0519. The summed E-state index contributed by atoms with van der Waals surface area (Å²) < 4.78 is 11.3. The molecular weight excluding hydrogens is 396 g/mol. The highest BCUT2D eigenvalue weighted by Crippen LogP contribution is 2.36. The van der Waals surface area contributed by atoms with Crippen LogP contribution >= 0.6 is 28.1 Å². The van der Waals surface area contributed by atoms with E-state index < -0.39 is 11.8 Å². The van der Waals surface area contributed by atoms with Gasteiger partial charge in [-0.2, -0.15) is 0 Å². The standard InChI is InChI=1S/C16H15BrN2O4S/c1-4-5-19-15(21)11(14(20)18-16(19)24)7-9-6-10(17)8-12(22-2)13(9)23-3/h4,6-8H,1,5H2,2-3H3,(H,18,20,24)/b11-7+. The second kappa shape index (κ2) is 7.59. The van der Waals surface area contributed by atoms with E-state index in [4.69, 9.17) is 21.7 Å². The Kier molecular flexibility index (Phi) is 5.74. The summed E-state index contributed by atoms with van der Waals surface area (Å²) in [6.45, 7) is 3.79. The van der Waals surface area contributed by atoms with Gasteiger partial charge in [0.2, 0.25) is 0 Å². The van der Waals surface area contributed by atoms with Crippen molar-refractivity contribution in [3.8, 4) is 11.5 Å². The van der Waals surface area contributed by atoms with E-state index in [1.165, 1.54) is 31.3 Å². The number of benzene rings is 1. The Morgan fingerprint density at radius 2 is 2.04 bits per heavy atom. The summed E-state index contributed by atoms with van der Waals surface area (Å²) in [4.78, 5) is 26.0. The minimum Gasteiger partial charge on any atom is -0.493 e. The third kappa shape index (κ3) is 3.49. The van der Waals surface area contributed by atoms with Crippen LogP contribution in [-0.4, -0.2) is 42.6 Å². The van der Waals surface area contributed by atoms with Crippen LogP contribution in [0.1, 0.15) is 5.56 Å². The Hall–Kier alpha value is -2.19. The molecule has 0 spiro atoms. The number of halogens is 1. The van der Waals surface area contributed by atoms with Crippen molar-refractivity contribution in [2.45, 2.75) is 0 Å². The van der Waals surface area contributed by atoms with Crippen LogP contribution in [0.3, 0.4) is 0 Å². The minimum atomic E-state index is -0.564. The van der Waals surface area contributed by atoms with Gasteiger partial charge in [0.25, 0.3) is 11.8 Å². The molecular formula is C16H15BrN2O4S. The number of carbonyl (C=O) groups is 2. The van der Waals surface area contributed by atoms with Gasteiger partial charge in [-0.1, -0.05) is 22.0 Å². The van der Waals surface area contributed by atoms with Crippen molar-refractivity contribution < 1.29 is 19.1 Å². The average Bonchev–Trinajstić information content (AvgIpc) is 2.54. The molecule has 0 radical (unpaired) electrons. The first kappa shape index (κ1) is 18.2. The molecule has 6 nitrogen and oxygen atoms in total. The Morgan fingerprint density at radius 1 is 1.33 bits per heavy atom. The van der Waals surface area contributed by atoms with Gasteiger partial charge in [-0.25, -0.2) is 0 Å². The zero-order chi connectivity index (χ0) is 17.9. The van der Waals surface area contributed by atoms with Crippen LogP contribution in [0, 0.1) is 0 Å². The quantitative estimate of drug-likeness (QED) is 0.349. The highest BCUT2D eigenvalue weighted by atomic mass is 79.9. The van der Waals surface area contributed by atoms with E-state index in [1.54, 1.807) is 12.1 Å². The van der Waals surface area contributed by atoms with Crippen LogP contribution < -0.4 is 14.8 Å². The number of rotatable bonds is 5. The number of hydrogen-bond acceptors (Lipinski definition) is 5. The molecule has 1 aliphatic heterocycles. The summed E-state index contributed by atoms with van der Waals surface area (Å²) in [5, 5.41) is 2.55. The highest BCUT2D eigenvalue weighted by Gasteiger charge is 2.33. The van der Waals surface area contributed by atoms with Gasteiger partial charge in [-0.15, -0.1) is 6.58 Å². The predicted octanol–water partition coefficient (Wildman–Crippen LogP) is 2.28. The van der Waals surface area contributed by atoms with Crippen LogP contribution in [0.5, 0.6) is 11.5 Å². The molecule has 0 unspecified atom stereocenters. The Balaban J connectivity index is 2.55. The highest BCUT2D eigenvalue weighted by molar-refractivity contribution is 9.10. The van der Waals surface area contributed by atoms with Crippen molar-refractivity contribution in [3.63, 3.8) is 0 Å². The Morgan fingerprint density at radius 3 is 2.62 bits per heavy atom. The fourth-order valence-corrected chi connectivity index (χ4v) is 2.92. The number of methoxy groups -OCH3 is 2. The molecule has 24 heavy (non-hydrogen) atoms. The molecule has 0 aliphatic carbocycles. The molecule has 1 aliphatic rings. The Bertz CT molecular complexity index is 761. The monoisotopic (exact) mass is 410 g/mol. The van der Waals surface area contributed by atoms with Gasteiger partial charge in [0, 0.05) is 16.6 Å². The molecule has 1 N–H and O–H groups in total. The number of carbonyl (C=O) groups excluding carboxylic acids is 2. The largest absolute Gasteiger partial charge is 0.493 e. The maximum Gasteiger partial charge on any atom is 0.265 e. The number of nitrogens with zero attached hydrogens (tertiary/aromatic N) is 1. The van der Waals surface area contributed by atoms with Gasteiger partial charge in [-0.05, 0) is 30.4 Å². The fraction of sp³-hybridized carbons (Fsp3) is 0.188. The van der Waals surface area contributed by atoms with Crippen molar-refractivity contribution in [1.82, 2.24) is 10.2 Å². The van der Waals surface area contributed by atoms with E-state index >= 15 is 0 Å². The van der Waals surface area contributed by atoms with Crippen LogP contribution in [0.2, 0.25) is 0 Å². The number of amides is 2. The van der Waals surface area contributed by atoms with E-state index in [0.29, 0.717) is 21.5 Å². The molecule has 2 rings (SSSR count). The lowest BCUT2D eigenvalue weighted by Gasteiger charge is -2.27. The number of ether oxygens (including phenoxy) is 2. The predicted molar refractivity (Wildman–Crippen MR) is 97.9 cm³/mol. The van der Waals surface area contributed by atoms with Crippen LogP contribution in [0.4, 0.5) is 0 Å². The van der Waals surface area contributed by atoms with Gasteiger partial charge < -0.3 is 9.47 Å². The second-order valence-electron chi connectivity index (χ2n) is 4.75. The molecule has 0 aromatic heterocycles. The third-order valence-electron chi connectivity index (χ3n) is 3.27. The van der Waals surface area contributed by atoms with E-state index in [1.807, 2.05) is 0 Å². The van der Waals surface area contributed by atoms with E-state index in [0.717, 1.165) is 0 Å². The topological polar surface area (TPSA) is 67.9 Å². The molecule has 1 heterocycles. The summed E-state index contributed by atoms with van der Waals surface area (Å²) >= 11 is 8.38. The fourth-order valence-electron chi connectivity index (χ4n) is 2.21. The molecule has 8 heteroatoms. The van der Waals surface area contributed by atoms with Crippen molar-refractivity contribution in [2.24, 2.45) is 0 Å². The smallest absolute Gasteiger partial charge is 0.265 e. The first-order valence-electron chi connectivity index (χ1n) is 6.84.